The van der Waals surface area contributed by atoms with Gasteiger partial charge in [-0.15, -0.1) is 5.10 Å². The van der Waals surface area contributed by atoms with E-state index in [1.165, 1.54) is 4.68 Å². The molecule has 2 heterocycles. The van der Waals surface area contributed by atoms with Crippen LogP contribution in [-0.2, 0) is 6.54 Å². The summed E-state index contributed by atoms with van der Waals surface area (Å²) >= 11 is 13.3. The molecule has 0 spiro atoms. The molecule has 0 unspecified atom stereocenters. The summed E-state index contributed by atoms with van der Waals surface area (Å²) in [5.41, 5.74) is 7.98. The van der Waals surface area contributed by atoms with Gasteiger partial charge in [-0.2, -0.15) is 8.75 Å². The highest BCUT2D eigenvalue weighted by Crippen LogP contribution is 2.33. The third kappa shape index (κ3) is 1.76. The Morgan fingerprint density at radius 1 is 1.22 bits per heavy atom. The molecule has 3 aromatic rings. The van der Waals surface area contributed by atoms with Crippen molar-refractivity contribution in [2.45, 2.75) is 6.54 Å². The monoisotopic (exact) mass is 300 g/mol. The van der Waals surface area contributed by atoms with E-state index < -0.39 is 0 Å². The summed E-state index contributed by atoms with van der Waals surface area (Å²) in [4.78, 5) is 0. The van der Waals surface area contributed by atoms with Crippen LogP contribution in [0.4, 0.5) is 0 Å². The van der Waals surface area contributed by atoms with Crippen LogP contribution >= 0.6 is 34.9 Å². The van der Waals surface area contributed by atoms with Crippen molar-refractivity contribution >= 4 is 46.0 Å². The van der Waals surface area contributed by atoms with Gasteiger partial charge in [0, 0.05) is 6.54 Å². The molecule has 0 radical (unpaired) electrons. The summed E-state index contributed by atoms with van der Waals surface area (Å²) in [5.74, 6) is 0. The Hall–Kier alpha value is -1.28. The van der Waals surface area contributed by atoms with Crippen molar-refractivity contribution < 1.29 is 0 Å². The average molecular weight is 301 g/mol. The predicted octanol–water partition coefficient (Wildman–Crippen LogP) is 2.04. The van der Waals surface area contributed by atoms with Gasteiger partial charge in [-0.1, -0.05) is 28.4 Å². The molecule has 2 aromatic heterocycles. The van der Waals surface area contributed by atoms with Crippen molar-refractivity contribution in [2.24, 2.45) is 5.73 Å². The number of hydrogen-bond acceptors (Lipinski definition) is 6. The Labute approximate surface area is 116 Å². The molecule has 0 amide bonds. The molecule has 2 N–H and O–H groups in total. The highest BCUT2D eigenvalue weighted by Gasteiger charge is 2.16. The first-order chi connectivity index (χ1) is 8.70. The summed E-state index contributed by atoms with van der Waals surface area (Å²) in [6.07, 6.45) is 1.70. The molecule has 0 aliphatic heterocycles. The first-order valence-electron chi connectivity index (χ1n) is 4.92. The van der Waals surface area contributed by atoms with Crippen LogP contribution in [0.3, 0.4) is 0 Å². The van der Waals surface area contributed by atoms with Gasteiger partial charge in [0.1, 0.15) is 16.7 Å². The predicted molar refractivity (Wildman–Crippen MR) is 70.2 cm³/mol. The SMILES string of the molecule is NCc1cn(-c2c(Cl)cc(Cl)c3nsnc23)nn1. The smallest absolute Gasteiger partial charge is 0.133 e. The van der Waals surface area contributed by atoms with E-state index in [0.717, 1.165) is 11.7 Å². The Morgan fingerprint density at radius 3 is 2.72 bits per heavy atom. The number of nitrogens with zero attached hydrogens (tertiary/aromatic N) is 5. The lowest BCUT2D eigenvalue weighted by Crippen LogP contribution is -1.98. The fourth-order valence-electron chi connectivity index (χ4n) is 1.58. The summed E-state index contributed by atoms with van der Waals surface area (Å²) in [6, 6.07) is 1.62. The quantitative estimate of drug-likeness (QED) is 0.783. The van der Waals surface area contributed by atoms with Crippen molar-refractivity contribution in [2.75, 3.05) is 0 Å². The Morgan fingerprint density at radius 2 is 2.00 bits per heavy atom. The van der Waals surface area contributed by atoms with Crippen LogP contribution in [-0.4, -0.2) is 23.7 Å². The molecule has 0 aliphatic carbocycles. The minimum atomic E-state index is 0.309. The number of rotatable bonds is 2. The fraction of sp³-hybridized carbons (Fsp3) is 0.111. The van der Waals surface area contributed by atoms with Gasteiger partial charge < -0.3 is 5.73 Å². The van der Waals surface area contributed by atoms with E-state index in [1.807, 2.05) is 0 Å². The number of hydrogen-bond donors (Lipinski definition) is 1. The Bertz CT molecular complexity index is 721. The molecule has 0 atom stereocenters. The van der Waals surface area contributed by atoms with Gasteiger partial charge in [0.25, 0.3) is 0 Å². The maximum atomic E-state index is 6.18. The van der Waals surface area contributed by atoms with Crippen LogP contribution in [0.2, 0.25) is 10.0 Å². The molecule has 3 rings (SSSR count). The zero-order valence-corrected chi connectivity index (χ0v) is 11.2. The summed E-state index contributed by atoms with van der Waals surface area (Å²) < 4.78 is 9.85. The lowest BCUT2D eigenvalue weighted by molar-refractivity contribution is 0.800. The molecule has 6 nitrogen and oxygen atoms in total. The van der Waals surface area contributed by atoms with E-state index in [-0.39, 0.29) is 0 Å². The van der Waals surface area contributed by atoms with Crippen molar-refractivity contribution in [3.05, 3.63) is 28.0 Å². The number of benzene rings is 1. The van der Waals surface area contributed by atoms with Crippen LogP contribution in [0.25, 0.3) is 16.7 Å². The normalized spacial score (nSPS) is 11.3. The molecule has 0 bridgehead atoms. The highest BCUT2D eigenvalue weighted by molar-refractivity contribution is 7.00. The van der Waals surface area contributed by atoms with Crippen LogP contribution in [0, 0.1) is 0 Å². The van der Waals surface area contributed by atoms with Crippen molar-refractivity contribution in [1.82, 2.24) is 23.7 Å². The Kier molecular flexibility index (Phi) is 2.90. The van der Waals surface area contributed by atoms with Gasteiger partial charge in [0.2, 0.25) is 0 Å². The van der Waals surface area contributed by atoms with Crippen LogP contribution in [0.15, 0.2) is 12.3 Å². The van der Waals surface area contributed by atoms with E-state index in [9.17, 15) is 0 Å². The number of fused-ring (bicyclic) bond motifs is 1. The standard InChI is InChI=1S/C9H6Cl2N6S/c10-5-1-6(11)9(8-7(5)14-18-15-8)17-3-4(2-12)13-16-17/h1,3H,2,12H2. The molecule has 0 aliphatic rings. The summed E-state index contributed by atoms with van der Waals surface area (Å²) in [5, 5.41) is 8.79. The van der Waals surface area contributed by atoms with Crippen LogP contribution < -0.4 is 5.73 Å². The van der Waals surface area contributed by atoms with Crippen LogP contribution in [0.1, 0.15) is 5.69 Å². The van der Waals surface area contributed by atoms with Crippen molar-refractivity contribution in [3.63, 3.8) is 0 Å². The molecular formula is C9H6Cl2N6S. The summed E-state index contributed by atoms with van der Waals surface area (Å²) in [6.45, 7) is 0.309. The second-order valence-electron chi connectivity index (χ2n) is 3.51. The van der Waals surface area contributed by atoms with Gasteiger partial charge in [0.05, 0.1) is 33.7 Å². The number of nitrogens with two attached hydrogens (primary N) is 1. The van der Waals surface area contributed by atoms with E-state index in [4.69, 9.17) is 28.9 Å². The maximum Gasteiger partial charge on any atom is 0.133 e. The zero-order chi connectivity index (χ0) is 12.7. The minimum absolute atomic E-state index is 0.309. The fourth-order valence-corrected chi connectivity index (χ4v) is 2.77. The van der Waals surface area contributed by atoms with Gasteiger partial charge in [-0.3, -0.25) is 0 Å². The third-order valence-electron chi connectivity index (χ3n) is 2.40. The highest BCUT2D eigenvalue weighted by atomic mass is 35.5. The summed E-state index contributed by atoms with van der Waals surface area (Å²) in [7, 11) is 0. The molecule has 0 saturated carbocycles. The molecule has 18 heavy (non-hydrogen) atoms. The molecule has 1 aromatic carbocycles. The van der Waals surface area contributed by atoms with Gasteiger partial charge in [0.15, 0.2) is 0 Å². The zero-order valence-electron chi connectivity index (χ0n) is 8.84. The third-order valence-corrected chi connectivity index (χ3v) is 3.50. The molecular weight excluding hydrogens is 295 g/mol. The largest absolute Gasteiger partial charge is 0.325 e. The Balaban J connectivity index is 2.30. The van der Waals surface area contributed by atoms with E-state index in [1.54, 1.807) is 12.3 Å². The van der Waals surface area contributed by atoms with E-state index in [0.29, 0.717) is 39.0 Å². The molecule has 0 fully saturated rings. The van der Waals surface area contributed by atoms with Crippen molar-refractivity contribution in [3.8, 4) is 5.69 Å². The average Bonchev–Trinajstić information content (AvgIpc) is 2.97. The molecule has 92 valence electrons. The first kappa shape index (κ1) is 11.8. The topological polar surface area (TPSA) is 82.5 Å². The van der Waals surface area contributed by atoms with Gasteiger partial charge in [-0.05, 0) is 6.07 Å². The van der Waals surface area contributed by atoms with Crippen molar-refractivity contribution in [1.29, 1.82) is 0 Å². The van der Waals surface area contributed by atoms with Gasteiger partial charge >= 0.3 is 0 Å². The van der Waals surface area contributed by atoms with Crippen LogP contribution in [0.5, 0.6) is 0 Å². The second kappa shape index (κ2) is 4.43. The minimum Gasteiger partial charge on any atom is -0.325 e. The van der Waals surface area contributed by atoms with Gasteiger partial charge in [-0.25, -0.2) is 4.68 Å². The second-order valence-corrected chi connectivity index (χ2v) is 4.85. The van der Waals surface area contributed by atoms with E-state index >= 15 is 0 Å². The lowest BCUT2D eigenvalue weighted by Gasteiger charge is -2.04. The lowest BCUT2D eigenvalue weighted by atomic mass is 10.2. The number of halogens is 2. The number of aromatic nitrogens is 5. The first-order valence-corrected chi connectivity index (χ1v) is 6.41. The van der Waals surface area contributed by atoms with E-state index in [2.05, 4.69) is 19.1 Å². The maximum absolute atomic E-state index is 6.18. The molecule has 0 saturated heterocycles. The molecule has 9 heteroatoms.